The molecule has 1 aliphatic carbocycles. The van der Waals surface area contributed by atoms with Gasteiger partial charge in [-0.15, -0.1) is 11.8 Å². The van der Waals surface area contributed by atoms with Crippen molar-refractivity contribution in [3.05, 3.63) is 59.0 Å². The van der Waals surface area contributed by atoms with Gasteiger partial charge >= 0.3 is 6.18 Å². The van der Waals surface area contributed by atoms with Crippen LogP contribution in [0, 0.1) is 5.92 Å². The maximum atomic E-state index is 13.6. The zero-order valence-corrected chi connectivity index (χ0v) is 26.2. The van der Waals surface area contributed by atoms with Gasteiger partial charge in [0, 0.05) is 55.4 Å². The molecule has 0 saturated carbocycles. The van der Waals surface area contributed by atoms with Crippen molar-refractivity contribution in [1.82, 2.24) is 14.7 Å². The number of benzene rings is 1. The molecule has 0 spiro atoms. The van der Waals surface area contributed by atoms with Crippen LogP contribution in [0.25, 0.3) is 0 Å². The summed E-state index contributed by atoms with van der Waals surface area (Å²) in [5.74, 6) is 0.977. The monoisotopic (exact) mass is 580 g/mol. The predicted molar refractivity (Wildman–Crippen MR) is 162 cm³/mol. The Labute approximate surface area is 243 Å². The fourth-order valence-corrected chi connectivity index (χ4v) is 5.96. The highest BCUT2D eigenvalue weighted by atomic mass is 32.2. The van der Waals surface area contributed by atoms with E-state index < -0.39 is 12.7 Å². The van der Waals surface area contributed by atoms with Crippen LogP contribution in [0.3, 0.4) is 0 Å². The highest BCUT2D eigenvalue weighted by Gasteiger charge is 2.35. The van der Waals surface area contributed by atoms with Crippen molar-refractivity contribution in [3.8, 4) is 0 Å². The second-order valence-corrected chi connectivity index (χ2v) is 10.7. The van der Waals surface area contributed by atoms with E-state index in [1.807, 2.05) is 44.7 Å². The Bertz CT molecular complexity index is 1070. The number of hydrogen-bond acceptors (Lipinski definition) is 5. The molecule has 1 N–H and O–H groups in total. The molecule has 0 bridgehead atoms. The molecule has 2 heterocycles. The minimum absolute atomic E-state index is 0.0489. The number of nitrogens with one attached hydrogen (secondary N) is 1. The van der Waals surface area contributed by atoms with Gasteiger partial charge in [0.2, 0.25) is 0 Å². The van der Waals surface area contributed by atoms with E-state index in [9.17, 15) is 18.0 Å². The van der Waals surface area contributed by atoms with Gasteiger partial charge in [-0.1, -0.05) is 52.8 Å². The molecule has 9 heteroatoms. The first kappa shape index (κ1) is 33.8. The number of carbonyl (C=O) groups excluding carboxylic acids is 1. The van der Waals surface area contributed by atoms with E-state index in [4.69, 9.17) is 0 Å². The second kappa shape index (κ2) is 15.6. The summed E-state index contributed by atoms with van der Waals surface area (Å²) in [5.41, 5.74) is 4.14. The molecule has 40 heavy (non-hydrogen) atoms. The average Bonchev–Trinajstić information content (AvgIpc) is 3.06. The van der Waals surface area contributed by atoms with Gasteiger partial charge < -0.3 is 10.2 Å². The van der Waals surface area contributed by atoms with Crippen molar-refractivity contribution in [3.63, 3.8) is 0 Å². The van der Waals surface area contributed by atoms with Crippen LogP contribution in [0.15, 0.2) is 63.9 Å². The first-order valence-corrected chi connectivity index (χ1v) is 15.7. The molecule has 2 atom stereocenters. The molecule has 1 aromatic rings. The number of rotatable bonds is 6. The molecule has 1 aromatic carbocycles. The van der Waals surface area contributed by atoms with E-state index in [1.165, 1.54) is 15.4 Å². The lowest BCUT2D eigenvalue weighted by molar-refractivity contribution is -0.149. The molecular formula is C31H47F3N4OS. The lowest BCUT2D eigenvalue weighted by Gasteiger charge is -2.39. The van der Waals surface area contributed by atoms with Crippen molar-refractivity contribution in [2.75, 3.05) is 51.3 Å². The molecule has 3 aliphatic rings. The summed E-state index contributed by atoms with van der Waals surface area (Å²) in [5, 5.41) is 3.67. The molecule has 2 aliphatic heterocycles. The summed E-state index contributed by atoms with van der Waals surface area (Å²) in [6, 6.07) is 8.29. The summed E-state index contributed by atoms with van der Waals surface area (Å²) in [4.78, 5) is 20.0. The highest BCUT2D eigenvalue weighted by Crippen LogP contribution is 2.38. The number of hydrogen-bond donors (Lipinski definition) is 1. The maximum Gasteiger partial charge on any atom is 0.401 e. The fraction of sp³-hybridized carbons (Fsp3) is 0.581. The van der Waals surface area contributed by atoms with E-state index in [0.29, 0.717) is 32.6 Å². The minimum Gasteiger partial charge on any atom is -0.378 e. The van der Waals surface area contributed by atoms with Gasteiger partial charge in [0.1, 0.15) is 5.82 Å². The third-order valence-corrected chi connectivity index (χ3v) is 7.97. The normalized spacial score (nSPS) is 20.7. The highest BCUT2D eigenvalue weighted by molar-refractivity contribution is 7.98. The molecular weight excluding hydrogens is 533 g/mol. The number of piperazine rings is 1. The van der Waals surface area contributed by atoms with Gasteiger partial charge in [0.05, 0.1) is 6.54 Å². The van der Waals surface area contributed by atoms with E-state index in [-0.39, 0.29) is 17.9 Å². The van der Waals surface area contributed by atoms with Crippen molar-refractivity contribution in [2.45, 2.75) is 71.5 Å². The van der Waals surface area contributed by atoms with Crippen molar-refractivity contribution in [1.29, 1.82) is 0 Å². The third-order valence-electron chi connectivity index (χ3n) is 7.17. The lowest BCUT2D eigenvalue weighted by Crippen LogP contribution is -2.51. The minimum atomic E-state index is -4.20. The van der Waals surface area contributed by atoms with Gasteiger partial charge in [-0.05, 0) is 61.3 Å². The van der Waals surface area contributed by atoms with Gasteiger partial charge in [0.25, 0.3) is 5.91 Å². The molecule has 5 nitrogen and oxygen atoms in total. The first-order valence-electron chi connectivity index (χ1n) is 14.4. The largest absolute Gasteiger partial charge is 0.401 e. The summed E-state index contributed by atoms with van der Waals surface area (Å²) in [6.45, 7) is 13.0. The zero-order valence-electron chi connectivity index (χ0n) is 25.4. The molecule has 1 saturated heterocycles. The van der Waals surface area contributed by atoms with Gasteiger partial charge in [-0.2, -0.15) is 13.2 Å². The van der Waals surface area contributed by atoms with Gasteiger partial charge in [-0.25, -0.2) is 0 Å². The smallest absolute Gasteiger partial charge is 0.378 e. The van der Waals surface area contributed by atoms with Crippen LogP contribution in [0.1, 0.15) is 54.4 Å². The van der Waals surface area contributed by atoms with E-state index >= 15 is 0 Å². The Hall–Kier alpha value is -2.39. The molecule has 4 rings (SSSR count). The van der Waals surface area contributed by atoms with Crippen LogP contribution in [-0.2, 0) is 4.79 Å². The number of thioether (sulfide) groups is 1. The fourth-order valence-electron chi connectivity index (χ4n) is 5.40. The summed E-state index contributed by atoms with van der Waals surface area (Å²) in [6.07, 6.45) is 3.53. The molecule has 0 aromatic heterocycles. The summed E-state index contributed by atoms with van der Waals surface area (Å²) < 4.78 is 38.4. The Morgan fingerprint density at radius 3 is 2.30 bits per heavy atom. The molecule has 1 amide bonds. The Kier molecular flexibility index (Phi) is 13.2. The SMILES string of the molecule is CC.CC.CSc1ccccc1N[C@H](C)C1=C2CC=C(N3CCN(CC(F)(F)F)CC3)N(C)C(=O)C2=CC(C)C1. The standard InChI is InChI=1S/C27H35F3N4OS.2C2H6/c1-18-15-21(19(2)31-23-7-5-6-8-24(23)36-4)20-9-10-25(32(3)26(35)22(20)16-18)34-13-11-33(12-14-34)17-27(28,29)30;2*1-2/h5-8,10,16,18-19,31H,9,11-15,17H2,1-4H3;2*1-2H3/t18?,19-;;/m1../s1. The van der Waals surface area contributed by atoms with Crippen molar-refractivity contribution in [2.24, 2.45) is 5.92 Å². The van der Waals surface area contributed by atoms with E-state index in [2.05, 4.69) is 49.7 Å². The predicted octanol–water partition coefficient (Wildman–Crippen LogP) is 7.41. The number of carbonyl (C=O) groups is 1. The Morgan fingerprint density at radius 1 is 1.07 bits per heavy atom. The molecule has 1 unspecified atom stereocenters. The van der Waals surface area contributed by atoms with E-state index in [0.717, 1.165) is 29.1 Å². The number of allylic oxidation sites excluding steroid dienone is 2. The molecule has 1 fully saturated rings. The van der Waals surface area contributed by atoms with Gasteiger partial charge in [-0.3, -0.25) is 14.6 Å². The summed E-state index contributed by atoms with van der Waals surface area (Å²) in [7, 11) is 1.77. The topological polar surface area (TPSA) is 38.8 Å². The number of alkyl halides is 3. The lowest BCUT2D eigenvalue weighted by atomic mass is 9.81. The number of likely N-dealkylation sites (N-methyl/N-ethyl adjacent to an activating group) is 1. The van der Waals surface area contributed by atoms with Crippen molar-refractivity contribution >= 4 is 23.4 Å². The average molecular weight is 581 g/mol. The van der Waals surface area contributed by atoms with Crippen LogP contribution in [0.5, 0.6) is 0 Å². The number of halogens is 3. The van der Waals surface area contributed by atoms with Crippen LogP contribution in [0.4, 0.5) is 18.9 Å². The summed E-state index contributed by atoms with van der Waals surface area (Å²) >= 11 is 1.70. The Balaban J connectivity index is 0.00000134. The van der Waals surface area contributed by atoms with Crippen LogP contribution in [0.2, 0.25) is 0 Å². The second-order valence-electron chi connectivity index (χ2n) is 9.84. The molecule has 0 radical (unpaired) electrons. The van der Waals surface area contributed by atoms with Crippen LogP contribution < -0.4 is 5.32 Å². The number of fused-ring (bicyclic) bond motifs is 1. The van der Waals surface area contributed by atoms with Gasteiger partial charge in [0.15, 0.2) is 0 Å². The Morgan fingerprint density at radius 2 is 1.70 bits per heavy atom. The number of anilines is 1. The maximum absolute atomic E-state index is 13.6. The van der Waals surface area contributed by atoms with Crippen LogP contribution in [-0.4, -0.2) is 78.9 Å². The third kappa shape index (κ3) is 8.56. The first-order chi connectivity index (χ1) is 19.1. The molecule has 224 valence electrons. The number of para-hydroxylation sites is 1. The van der Waals surface area contributed by atoms with E-state index in [1.54, 1.807) is 23.7 Å². The zero-order chi connectivity index (χ0) is 30.0. The number of nitrogens with zero attached hydrogens (tertiary/aromatic N) is 3. The quantitative estimate of drug-likeness (QED) is 0.355. The van der Waals surface area contributed by atoms with Crippen molar-refractivity contribution < 1.29 is 18.0 Å². The number of amides is 1. The van der Waals surface area contributed by atoms with Crippen LogP contribution >= 0.6 is 11.8 Å².